The van der Waals surface area contributed by atoms with Crippen LogP contribution in [0.2, 0.25) is 0 Å². The molecule has 0 aromatic heterocycles. The molecule has 2 aliphatic rings. The first-order valence-corrected chi connectivity index (χ1v) is 10.7. The molecule has 2 unspecified atom stereocenters. The van der Waals surface area contributed by atoms with Crippen LogP contribution < -0.4 is 0 Å². The lowest BCUT2D eigenvalue weighted by atomic mass is 10.0. The Bertz CT molecular complexity index is 626. The Kier molecular flexibility index (Phi) is 7.20. The lowest BCUT2D eigenvalue weighted by Gasteiger charge is -2.40. The van der Waals surface area contributed by atoms with Crippen LogP contribution in [0.3, 0.4) is 0 Å². The van der Waals surface area contributed by atoms with Crippen LogP contribution in [0.15, 0.2) is 24.3 Å². The van der Waals surface area contributed by atoms with Crippen LogP contribution >= 0.6 is 0 Å². The van der Waals surface area contributed by atoms with E-state index in [0.717, 1.165) is 38.0 Å². The van der Waals surface area contributed by atoms with Crippen molar-refractivity contribution in [1.29, 1.82) is 0 Å². The quantitative estimate of drug-likeness (QED) is 0.465. The van der Waals surface area contributed by atoms with E-state index in [1.807, 2.05) is 19.1 Å². The zero-order valence-corrected chi connectivity index (χ0v) is 17.0. The number of carbonyl (C=O) groups excluding carboxylic acids is 2. The number of unbranched alkanes of at least 4 members (excludes halogenated alkanes) is 1. The van der Waals surface area contributed by atoms with Crippen LogP contribution in [0.25, 0.3) is 0 Å². The van der Waals surface area contributed by atoms with Crippen molar-refractivity contribution in [3.8, 4) is 0 Å². The monoisotopic (exact) mass is 370 g/mol. The maximum atomic E-state index is 11.9. The van der Waals surface area contributed by atoms with Crippen molar-refractivity contribution in [2.75, 3.05) is 26.2 Å². The van der Waals surface area contributed by atoms with Crippen LogP contribution in [-0.4, -0.2) is 59.6 Å². The lowest BCUT2D eigenvalue weighted by molar-refractivity contribution is -0.119. The summed E-state index contributed by atoms with van der Waals surface area (Å²) in [5.41, 5.74) is 2.17. The summed E-state index contributed by atoms with van der Waals surface area (Å²) < 4.78 is 0. The maximum Gasteiger partial charge on any atom is 0.162 e. The summed E-state index contributed by atoms with van der Waals surface area (Å²) in [5, 5.41) is 0. The Morgan fingerprint density at radius 1 is 1.04 bits per heavy atom. The van der Waals surface area contributed by atoms with E-state index in [2.05, 4.69) is 21.9 Å². The largest absolute Gasteiger partial charge is 0.300 e. The fraction of sp³-hybridized carbons (Fsp3) is 0.652. The van der Waals surface area contributed by atoms with Crippen molar-refractivity contribution in [2.24, 2.45) is 0 Å². The highest BCUT2D eigenvalue weighted by Crippen LogP contribution is 2.30. The minimum Gasteiger partial charge on any atom is -0.300 e. The van der Waals surface area contributed by atoms with Gasteiger partial charge >= 0.3 is 0 Å². The number of carbonyl (C=O) groups is 2. The van der Waals surface area contributed by atoms with Gasteiger partial charge < -0.3 is 4.90 Å². The number of rotatable bonds is 10. The normalized spacial score (nSPS) is 22.9. The third kappa shape index (κ3) is 5.49. The highest BCUT2D eigenvalue weighted by molar-refractivity contribution is 5.96. The third-order valence-electron chi connectivity index (χ3n) is 6.06. The average molecular weight is 371 g/mol. The Labute approximate surface area is 163 Å². The van der Waals surface area contributed by atoms with Crippen molar-refractivity contribution >= 4 is 11.6 Å². The van der Waals surface area contributed by atoms with E-state index < -0.39 is 0 Å². The van der Waals surface area contributed by atoms with Gasteiger partial charge in [-0.05, 0) is 57.6 Å². The van der Waals surface area contributed by atoms with E-state index >= 15 is 0 Å². The van der Waals surface area contributed by atoms with Gasteiger partial charge in [-0.2, -0.15) is 0 Å². The standard InChI is InChI=1S/C23H34N2O2/c1-3-6-23(27)20-10-8-19(9-11-20)7-4-5-14-24-16-21-12-13-22(17-24)25(21)15-18(2)26/h8-11,21-22H,3-7,12-17H2,1-2H3. The van der Waals surface area contributed by atoms with Gasteiger partial charge in [-0.3, -0.25) is 14.5 Å². The van der Waals surface area contributed by atoms with Gasteiger partial charge in [-0.25, -0.2) is 0 Å². The Hall–Kier alpha value is -1.52. The molecular weight excluding hydrogens is 336 g/mol. The number of aryl methyl sites for hydroxylation is 1. The Balaban J connectivity index is 1.37. The first-order chi connectivity index (χ1) is 13.1. The molecule has 27 heavy (non-hydrogen) atoms. The summed E-state index contributed by atoms with van der Waals surface area (Å²) in [5.74, 6) is 0.547. The summed E-state index contributed by atoms with van der Waals surface area (Å²) in [6.45, 7) is 7.79. The third-order valence-corrected chi connectivity index (χ3v) is 6.06. The molecule has 4 nitrogen and oxygen atoms in total. The number of hydrogen-bond donors (Lipinski definition) is 0. The number of ketones is 2. The van der Waals surface area contributed by atoms with Crippen molar-refractivity contribution in [1.82, 2.24) is 9.80 Å². The molecule has 2 bridgehead atoms. The van der Waals surface area contributed by atoms with Gasteiger partial charge in [0.1, 0.15) is 5.78 Å². The molecule has 0 N–H and O–H groups in total. The van der Waals surface area contributed by atoms with E-state index in [1.165, 1.54) is 31.2 Å². The number of fused-ring (bicyclic) bond motifs is 2. The molecule has 0 amide bonds. The minimum atomic E-state index is 0.252. The summed E-state index contributed by atoms with van der Waals surface area (Å²) >= 11 is 0. The smallest absolute Gasteiger partial charge is 0.162 e. The first-order valence-electron chi connectivity index (χ1n) is 10.7. The highest BCUT2D eigenvalue weighted by Gasteiger charge is 2.39. The molecule has 2 heterocycles. The molecule has 2 saturated heterocycles. The average Bonchev–Trinajstić information content (AvgIpc) is 2.88. The summed E-state index contributed by atoms with van der Waals surface area (Å²) in [4.78, 5) is 28.4. The second-order valence-electron chi connectivity index (χ2n) is 8.35. The number of benzene rings is 1. The van der Waals surface area contributed by atoms with Crippen LogP contribution in [0.5, 0.6) is 0 Å². The molecule has 148 valence electrons. The van der Waals surface area contributed by atoms with E-state index in [9.17, 15) is 9.59 Å². The van der Waals surface area contributed by atoms with Gasteiger partial charge in [0.15, 0.2) is 5.78 Å². The number of piperazine rings is 1. The fourth-order valence-electron chi connectivity index (χ4n) is 4.67. The molecule has 2 aliphatic heterocycles. The number of likely N-dealkylation sites (tertiary alicyclic amines) is 1. The molecule has 0 spiro atoms. The SMILES string of the molecule is CCCC(=O)c1ccc(CCCCN2CC3CCC(C2)N3CC(C)=O)cc1. The van der Waals surface area contributed by atoms with Crippen LogP contribution in [-0.2, 0) is 11.2 Å². The number of hydrogen-bond acceptors (Lipinski definition) is 4. The van der Waals surface area contributed by atoms with Crippen LogP contribution in [0, 0.1) is 0 Å². The molecule has 2 fully saturated rings. The van der Waals surface area contributed by atoms with Crippen LogP contribution in [0.4, 0.5) is 0 Å². The van der Waals surface area contributed by atoms with Crippen molar-refractivity contribution < 1.29 is 9.59 Å². The molecule has 2 atom stereocenters. The fourth-order valence-corrected chi connectivity index (χ4v) is 4.67. The van der Waals surface area contributed by atoms with Gasteiger partial charge in [-0.1, -0.05) is 31.2 Å². The second kappa shape index (κ2) is 9.61. The Morgan fingerprint density at radius 2 is 1.70 bits per heavy atom. The summed E-state index contributed by atoms with van der Waals surface area (Å²) in [6, 6.07) is 9.37. The van der Waals surface area contributed by atoms with E-state index in [-0.39, 0.29) is 5.78 Å². The van der Waals surface area contributed by atoms with Crippen molar-refractivity contribution in [3.63, 3.8) is 0 Å². The molecule has 0 radical (unpaired) electrons. The Morgan fingerprint density at radius 3 is 2.30 bits per heavy atom. The summed E-state index contributed by atoms with van der Waals surface area (Å²) in [6.07, 6.45) is 7.52. The minimum absolute atomic E-state index is 0.252. The van der Waals surface area contributed by atoms with Gasteiger partial charge in [0, 0.05) is 37.2 Å². The van der Waals surface area contributed by atoms with Gasteiger partial charge in [0.2, 0.25) is 0 Å². The topological polar surface area (TPSA) is 40.6 Å². The number of Topliss-reactive ketones (excluding diaryl/α,β-unsaturated/α-hetero) is 2. The maximum absolute atomic E-state index is 11.9. The van der Waals surface area contributed by atoms with Gasteiger partial charge in [0.05, 0.1) is 6.54 Å². The molecule has 4 heteroatoms. The van der Waals surface area contributed by atoms with E-state index in [4.69, 9.17) is 0 Å². The van der Waals surface area contributed by atoms with Gasteiger partial charge in [0.25, 0.3) is 0 Å². The first kappa shape index (κ1) is 20.2. The summed E-state index contributed by atoms with van der Waals surface area (Å²) in [7, 11) is 0. The second-order valence-corrected chi connectivity index (χ2v) is 8.35. The zero-order valence-electron chi connectivity index (χ0n) is 17.0. The predicted octanol–water partition coefficient (Wildman–Crippen LogP) is 3.73. The highest BCUT2D eigenvalue weighted by atomic mass is 16.1. The molecule has 1 aromatic carbocycles. The molecule has 0 aliphatic carbocycles. The molecule has 0 saturated carbocycles. The van der Waals surface area contributed by atoms with Crippen molar-refractivity contribution in [3.05, 3.63) is 35.4 Å². The predicted molar refractivity (Wildman–Crippen MR) is 109 cm³/mol. The van der Waals surface area contributed by atoms with E-state index in [0.29, 0.717) is 30.8 Å². The molecular formula is C23H34N2O2. The zero-order chi connectivity index (χ0) is 19.2. The molecule has 1 aromatic rings. The lowest BCUT2D eigenvalue weighted by Crippen LogP contribution is -2.54. The van der Waals surface area contributed by atoms with Crippen molar-refractivity contribution in [2.45, 2.75) is 70.9 Å². The van der Waals surface area contributed by atoms with Gasteiger partial charge in [-0.15, -0.1) is 0 Å². The van der Waals surface area contributed by atoms with E-state index in [1.54, 1.807) is 6.92 Å². The number of nitrogens with zero attached hydrogens (tertiary/aromatic N) is 2. The van der Waals surface area contributed by atoms with Crippen LogP contribution in [0.1, 0.15) is 68.3 Å². The molecule has 3 rings (SSSR count).